The highest BCUT2D eigenvalue weighted by Crippen LogP contribution is 2.28. The van der Waals surface area contributed by atoms with E-state index >= 15 is 0 Å². The molecule has 0 aliphatic rings. The van der Waals surface area contributed by atoms with Gasteiger partial charge in [0.25, 0.3) is 0 Å². The van der Waals surface area contributed by atoms with Gasteiger partial charge in [-0.05, 0) is 31.0 Å². The minimum atomic E-state index is 0.380. The van der Waals surface area contributed by atoms with E-state index in [-0.39, 0.29) is 0 Å². The first kappa shape index (κ1) is 10.4. The van der Waals surface area contributed by atoms with E-state index in [1.807, 2.05) is 13.8 Å². The van der Waals surface area contributed by atoms with Gasteiger partial charge in [-0.3, -0.25) is 0 Å². The lowest BCUT2D eigenvalue weighted by atomic mass is 9.99. The highest BCUT2D eigenvalue weighted by molar-refractivity contribution is 5.77. The van der Waals surface area contributed by atoms with Crippen LogP contribution in [0.25, 0.3) is 11.1 Å². The van der Waals surface area contributed by atoms with E-state index in [0.717, 1.165) is 16.7 Å². The molecular weight excluding hydrogens is 200 g/mol. The summed E-state index contributed by atoms with van der Waals surface area (Å²) in [5, 5.41) is 7.55. The van der Waals surface area contributed by atoms with Gasteiger partial charge in [-0.2, -0.15) is 0 Å². The summed E-state index contributed by atoms with van der Waals surface area (Å²) >= 11 is 0. The summed E-state index contributed by atoms with van der Waals surface area (Å²) < 4.78 is 0. The van der Waals surface area contributed by atoms with E-state index in [0.29, 0.717) is 11.6 Å². The second kappa shape index (κ2) is 3.81. The number of aryl methyl sites for hydroxylation is 2. The largest absolute Gasteiger partial charge is 0.382 e. The van der Waals surface area contributed by atoms with Gasteiger partial charge in [0.2, 0.25) is 0 Å². The van der Waals surface area contributed by atoms with Gasteiger partial charge in [0.1, 0.15) is 5.82 Å². The van der Waals surface area contributed by atoms with Crippen molar-refractivity contribution < 1.29 is 0 Å². The molecule has 4 nitrogen and oxygen atoms in total. The van der Waals surface area contributed by atoms with Crippen molar-refractivity contribution in [1.82, 2.24) is 10.2 Å². The molecule has 1 aromatic carbocycles. The smallest absolute Gasteiger partial charge is 0.154 e. The van der Waals surface area contributed by atoms with Crippen molar-refractivity contribution in [1.29, 1.82) is 0 Å². The molecule has 0 saturated carbocycles. The number of anilines is 2. The van der Waals surface area contributed by atoms with E-state index in [9.17, 15) is 0 Å². The topological polar surface area (TPSA) is 77.8 Å². The zero-order valence-electron chi connectivity index (χ0n) is 9.36. The molecule has 0 saturated heterocycles. The number of nitrogens with two attached hydrogens (primary N) is 2. The Bertz CT molecular complexity index is 485. The van der Waals surface area contributed by atoms with Gasteiger partial charge < -0.3 is 11.5 Å². The number of rotatable bonds is 1. The Labute approximate surface area is 94.3 Å². The van der Waals surface area contributed by atoms with E-state index in [1.54, 1.807) is 6.07 Å². The average molecular weight is 214 g/mol. The SMILES string of the molecule is Cc1ccc(C)c(-c2cc(N)nnc2N)c1. The molecule has 0 spiro atoms. The predicted molar refractivity (Wildman–Crippen MR) is 65.8 cm³/mol. The van der Waals surface area contributed by atoms with Crippen molar-refractivity contribution in [2.45, 2.75) is 13.8 Å². The maximum absolute atomic E-state index is 5.81. The minimum absolute atomic E-state index is 0.380. The van der Waals surface area contributed by atoms with Crippen LogP contribution in [0.1, 0.15) is 11.1 Å². The third kappa shape index (κ3) is 1.82. The van der Waals surface area contributed by atoms with Crippen molar-refractivity contribution in [2.75, 3.05) is 11.5 Å². The van der Waals surface area contributed by atoms with Crippen LogP contribution in [0.4, 0.5) is 11.6 Å². The first-order chi connectivity index (χ1) is 7.58. The summed E-state index contributed by atoms with van der Waals surface area (Å²) in [5.74, 6) is 0.785. The molecular formula is C12H14N4. The summed E-state index contributed by atoms with van der Waals surface area (Å²) in [5.41, 5.74) is 15.7. The predicted octanol–water partition coefficient (Wildman–Crippen LogP) is 1.92. The van der Waals surface area contributed by atoms with Crippen LogP contribution in [-0.2, 0) is 0 Å². The summed E-state index contributed by atoms with van der Waals surface area (Å²) in [7, 11) is 0. The Kier molecular flexibility index (Phi) is 2.48. The Morgan fingerprint density at radius 3 is 2.44 bits per heavy atom. The van der Waals surface area contributed by atoms with Crippen LogP contribution in [-0.4, -0.2) is 10.2 Å². The summed E-state index contributed by atoms with van der Waals surface area (Å²) in [6.07, 6.45) is 0. The molecule has 1 aromatic heterocycles. The first-order valence-corrected chi connectivity index (χ1v) is 5.04. The number of hydrogen-bond donors (Lipinski definition) is 2. The minimum Gasteiger partial charge on any atom is -0.382 e. The third-order valence-electron chi connectivity index (χ3n) is 2.52. The van der Waals surface area contributed by atoms with Gasteiger partial charge in [-0.15, -0.1) is 10.2 Å². The second-order valence-electron chi connectivity index (χ2n) is 3.89. The number of hydrogen-bond acceptors (Lipinski definition) is 4. The molecule has 0 radical (unpaired) electrons. The van der Waals surface area contributed by atoms with Crippen LogP contribution in [0.2, 0.25) is 0 Å². The maximum atomic E-state index is 5.81. The van der Waals surface area contributed by atoms with Crippen LogP contribution in [0.15, 0.2) is 24.3 Å². The summed E-state index contributed by atoms with van der Waals surface area (Å²) in [6, 6.07) is 7.94. The van der Waals surface area contributed by atoms with Gasteiger partial charge in [0, 0.05) is 5.56 Å². The molecule has 1 heterocycles. The fourth-order valence-corrected chi connectivity index (χ4v) is 1.66. The standard InChI is InChI=1S/C12H14N4/c1-7-3-4-8(2)9(5-7)10-6-11(13)15-16-12(10)14/h3-6H,1-2H3,(H2,13,15)(H2,14,16). The first-order valence-electron chi connectivity index (χ1n) is 5.04. The number of nitrogens with zero attached hydrogens (tertiary/aromatic N) is 2. The zero-order valence-corrected chi connectivity index (χ0v) is 9.36. The quantitative estimate of drug-likeness (QED) is 0.760. The molecule has 0 unspecified atom stereocenters. The number of benzene rings is 1. The molecule has 4 heteroatoms. The van der Waals surface area contributed by atoms with E-state index in [2.05, 4.69) is 28.4 Å². The van der Waals surface area contributed by atoms with E-state index in [1.165, 1.54) is 5.56 Å². The van der Waals surface area contributed by atoms with Crippen LogP contribution >= 0.6 is 0 Å². The van der Waals surface area contributed by atoms with Crippen LogP contribution in [0.3, 0.4) is 0 Å². The summed E-state index contributed by atoms with van der Waals surface area (Å²) in [4.78, 5) is 0. The molecule has 16 heavy (non-hydrogen) atoms. The lowest BCUT2D eigenvalue weighted by Gasteiger charge is -2.09. The van der Waals surface area contributed by atoms with Crippen molar-refractivity contribution in [2.24, 2.45) is 0 Å². The zero-order chi connectivity index (χ0) is 11.7. The van der Waals surface area contributed by atoms with Crippen molar-refractivity contribution >= 4 is 11.6 Å². The van der Waals surface area contributed by atoms with Crippen LogP contribution in [0, 0.1) is 13.8 Å². The van der Waals surface area contributed by atoms with Crippen LogP contribution in [0.5, 0.6) is 0 Å². The van der Waals surface area contributed by atoms with E-state index in [4.69, 9.17) is 11.5 Å². The molecule has 0 amide bonds. The molecule has 0 aliphatic heterocycles. The maximum Gasteiger partial charge on any atom is 0.154 e. The molecule has 2 rings (SSSR count). The second-order valence-corrected chi connectivity index (χ2v) is 3.89. The molecule has 0 fully saturated rings. The highest BCUT2D eigenvalue weighted by atomic mass is 15.2. The molecule has 2 aromatic rings. The van der Waals surface area contributed by atoms with E-state index < -0.39 is 0 Å². The molecule has 0 bridgehead atoms. The Balaban J connectivity index is 2.66. The van der Waals surface area contributed by atoms with Gasteiger partial charge in [-0.1, -0.05) is 23.8 Å². The van der Waals surface area contributed by atoms with Gasteiger partial charge in [0.15, 0.2) is 5.82 Å². The lowest BCUT2D eigenvalue weighted by molar-refractivity contribution is 1.05. The monoisotopic (exact) mass is 214 g/mol. The number of aromatic nitrogens is 2. The lowest BCUT2D eigenvalue weighted by Crippen LogP contribution is -2.01. The fourth-order valence-electron chi connectivity index (χ4n) is 1.66. The fraction of sp³-hybridized carbons (Fsp3) is 0.167. The molecule has 4 N–H and O–H groups in total. The molecule has 0 aliphatic carbocycles. The van der Waals surface area contributed by atoms with Crippen molar-refractivity contribution in [3.63, 3.8) is 0 Å². The van der Waals surface area contributed by atoms with Crippen LogP contribution < -0.4 is 11.5 Å². The average Bonchev–Trinajstić information content (AvgIpc) is 2.25. The third-order valence-corrected chi connectivity index (χ3v) is 2.52. The van der Waals surface area contributed by atoms with Gasteiger partial charge >= 0.3 is 0 Å². The van der Waals surface area contributed by atoms with Gasteiger partial charge in [0.05, 0.1) is 0 Å². The van der Waals surface area contributed by atoms with Crippen molar-refractivity contribution in [3.8, 4) is 11.1 Å². The Morgan fingerprint density at radius 1 is 0.938 bits per heavy atom. The summed E-state index contributed by atoms with van der Waals surface area (Å²) in [6.45, 7) is 4.07. The Morgan fingerprint density at radius 2 is 1.69 bits per heavy atom. The highest BCUT2D eigenvalue weighted by Gasteiger charge is 2.08. The number of nitrogen functional groups attached to an aromatic ring is 2. The normalized spacial score (nSPS) is 10.4. The Hall–Kier alpha value is -2.10. The van der Waals surface area contributed by atoms with Gasteiger partial charge in [-0.25, -0.2) is 0 Å². The van der Waals surface area contributed by atoms with Crippen molar-refractivity contribution in [3.05, 3.63) is 35.4 Å². The molecule has 0 atom stereocenters. The molecule has 82 valence electrons.